The number of amides is 1. The van der Waals surface area contributed by atoms with Crippen molar-refractivity contribution in [1.82, 2.24) is 5.32 Å². The summed E-state index contributed by atoms with van der Waals surface area (Å²) < 4.78 is 6.64. The van der Waals surface area contributed by atoms with Crippen LogP contribution in [0.5, 0.6) is 5.75 Å². The smallest absolute Gasteiger partial charge is 0.260 e. The minimum Gasteiger partial charge on any atom is -0.481 e. The summed E-state index contributed by atoms with van der Waals surface area (Å²) in [4.78, 5) is 12.0. The Balaban J connectivity index is 1.83. The van der Waals surface area contributed by atoms with Gasteiger partial charge in [0.1, 0.15) is 5.75 Å². The van der Waals surface area contributed by atoms with Crippen LogP contribution in [0.25, 0.3) is 0 Å². The molecule has 19 heavy (non-hydrogen) atoms. The lowest BCUT2D eigenvalue weighted by molar-refractivity contribution is -0.128. The van der Waals surface area contributed by atoms with Crippen molar-refractivity contribution >= 4 is 21.8 Å². The van der Waals surface area contributed by atoms with Crippen molar-refractivity contribution in [3.05, 3.63) is 28.7 Å². The third-order valence-electron chi connectivity index (χ3n) is 3.45. The Hall–Kier alpha value is -1.03. The van der Waals surface area contributed by atoms with Gasteiger partial charge in [0.15, 0.2) is 6.10 Å². The highest BCUT2D eigenvalue weighted by Crippen LogP contribution is 2.19. The summed E-state index contributed by atoms with van der Waals surface area (Å²) in [7, 11) is 0. The predicted molar refractivity (Wildman–Crippen MR) is 79.2 cm³/mol. The maximum atomic E-state index is 12.0. The molecule has 0 aromatic heterocycles. The molecule has 0 unspecified atom stereocenters. The lowest BCUT2D eigenvalue weighted by Crippen LogP contribution is -2.43. The molecule has 1 aromatic carbocycles. The highest BCUT2D eigenvalue weighted by molar-refractivity contribution is 9.10. The molecule has 0 spiro atoms. The monoisotopic (exact) mass is 325 g/mol. The first kappa shape index (κ1) is 14.4. The van der Waals surface area contributed by atoms with E-state index in [1.807, 2.05) is 24.3 Å². The van der Waals surface area contributed by atoms with E-state index < -0.39 is 6.10 Å². The number of benzene rings is 1. The standard InChI is InChI=1S/C15H20BrNO2/c1-11(19-14-9-7-12(16)8-10-14)15(18)17-13-5-3-2-4-6-13/h7-11,13H,2-6H2,1H3,(H,17,18)/t11-/m1/s1. The van der Waals surface area contributed by atoms with Gasteiger partial charge in [-0.3, -0.25) is 4.79 Å². The Morgan fingerprint density at radius 3 is 2.53 bits per heavy atom. The van der Waals surface area contributed by atoms with Crippen LogP contribution in [-0.2, 0) is 4.79 Å². The Morgan fingerprint density at radius 2 is 1.89 bits per heavy atom. The number of carbonyl (C=O) groups is 1. The Kier molecular flexibility index (Phi) is 5.25. The van der Waals surface area contributed by atoms with Crippen LogP contribution >= 0.6 is 15.9 Å². The summed E-state index contributed by atoms with van der Waals surface area (Å²) in [5.74, 6) is 0.698. The molecule has 1 N–H and O–H groups in total. The maximum Gasteiger partial charge on any atom is 0.260 e. The van der Waals surface area contributed by atoms with Crippen LogP contribution in [0.15, 0.2) is 28.7 Å². The Bertz CT molecular complexity index is 413. The molecule has 1 aromatic rings. The molecule has 1 saturated carbocycles. The zero-order valence-corrected chi connectivity index (χ0v) is 12.8. The molecule has 0 heterocycles. The Morgan fingerprint density at radius 1 is 1.26 bits per heavy atom. The summed E-state index contributed by atoms with van der Waals surface area (Å²) in [6.45, 7) is 1.79. The van der Waals surface area contributed by atoms with Gasteiger partial charge in [0.25, 0.3) is 5.91 Å². The van der Waals surface area contributed by atoms with Gasteiger partial charge in [-0.25, -0.2) is 0 Å². The first-order valence-electron chi connectivity index (χ1n) is 6.88. The summed E-state index contributed by atoms with van der Waals surface area (Å²) >= 11 is 3.37. The van der Waals surface area contributed by atoms with Gasteiger partial charge >= 0.3 is 0 Å². The number of nitrogens with one attached hydrogen (secondary N) is 1. The van der Waals surface area contributed by atoms with Crippen LogP contribution < -0.4 is 10.1 Å². The molecule has 0 bridgehead atoms. The molecular formula is C15H20BrNO2. The van der Waals surface area contributed by atoms with Gasteiger partial charge in [0.2, 0.25) is 0 Å². The third-order valence-corrected chi connectivity index (χ3v) is 3.98. The number of carbonyl (C=O) groups excluding carboxylic acids is 1. The second-order valence-corrected chi connectivity index (χ2v) is 5.97. The highest BCUT2D eigenvalue weighted by Gasteiger charge is 2.20. The molecule has 1 amide bonds. The largest absolute Gasteiger partial charge is 0.481 e. The van der Waals surface area contributed by atoms with Crippen LogP contribution in [-0.4, -0.2) is 18.1 Å². The van der Waals surface area contributed by atoms with Gasteiger partial charge in [0, 0.05) is 10.5 Å². The van der Waals surface area contributed by atoms with E-state index in [1.54, 1.807) is 6.92 Å². The number of ether oxygens (including phenoxy) is 1. The van der Waals surface area contributed by atoms with Crippen LogP contribution in [0.1, 0.15) is 39.0 Å². The van der Waals surface area contributed by atoms with E-state index in [0.717, 1.165) is 23.1 Å². The summed E-state index contributed by atoms with van der Waals surface area (Å²) in [5, 5.41) is 3.08. The first-order valence-corrected chi connectivity index (χ1v) is 7.67. The van der Waals surface area contributed by atoms with E-state index in [2.05, 4.69) is 21.2 Å². The lowest BCUT2D eigenvalue weighted by Gasteiger charge is -2.24. The van der Waals surface area contributed by atoms with Crippen molar-refractivity contribution in [2.45, 2.75) is 51.2 Å². The SMILES string of the molecule is C[C@@H](Oc1ccc(Br)cc1)C(=O)NC1CCCCC1. The minimum atomic E-state index is -0.455. The zero-order valence-electron chi connectivity index (χ0n) is 11.2. The molecule has 1 fully saturated rings. The highest BCUT2D eigenvalue weighted by atomic mass is 79.9. The number of halogens is 1. The molecule has 1 atom stereocenters. The number of rotatable bonds is 4. The summed E-state index contributed by atoms with van der Waals surface area (Å²) in [6, 6.07) is 7.85. The first-order chi connectivity index (χ1) is 9.15. The number of hydrogen-bond donors (Lipinski definition) is 1. The van der Waals surface area contributed by atoms with Crippen molar-refractivity contribution in [3.63, 3.8) is 0 Å². The Labute approximate surface area is 122 Å². The molecule has 104 valence electrons. The van der Waals surface area contributed by atoms with Crippen molar-refractivity contribution in [1.29, 1.82) is 0 Å². The quantitative estimate of drug-likeness (QED) is 0.917. The molecule has 4 heteroatoms. The van der Waals surface area contributed by atoms with E-state index >= 15 is 0 Å². The van der Waals surface area contributed by atoms with Gasteiger partial charge < -0.3 is 10.1 Å². The third kappa shape index (κ3) is 4.53. The van der Waals surface area contributed by atoms with E-state index in [4.69, 9.17) is 4.74 Å². The van der Waals surface area contributed by atoms with Crippen molar-refractivity contribution < 1.29 is 9.53 Å². The van der Waals surface area contributed by atoms with Crippen molar-refractivity contribution in [3.8, 4) is 5.75 Å². The van der Waals surface area contributed by atoms with E-state index in [1.165, 1.54) is 19.3 Å². The predicted octanol–water partition coefficient (Wildman–Crippen LogP) is 3.67. The molecule has 1 aliphatic rings. The van der Waals surface area contributed by atoms with Crippen LogP contribution in [0.4, 0.5) is 0 Å². The van der Waals surface area contributed by atoms with Gasteiger partial charge in [-0.15, -0.1) is 0 Å². The fraction of sp³-hybridized carbons (Fsp3) is 0.533. The normalized spacial score (nSPS) is 17.8. The topological polar surface area (TPSA) is 38.3 Å². The lowest BCUT2D eigenvalue weighted by atomic mass is 9.95. The summed E-state index contributed by atoms with van der Waals surface area (Å²) in [6.07, 6.45) is 5.45. The molecule has 0 aliphatic heterocycles. The fourth-order valence-corrected chi connectivity index (χ4v) is 2.60. The van der Waals surface area contributed by atoms with Crippen molar-refractivity contribution in [2.24, 2.45) is 0 Å². The molecule has 1 aliphatic carbocycles. The van der Waals surface area contributed by atoms with Gasteiger partial charge in [0.05, 0.1) is 0 Å². The van der Waals surface area contributed by atoms with E-state index in [0.29, 0.717) is 6.04 Å². The van der Waals surface area contributed by atoms with Gasteiger partial charge in [-0.2, -0.15) is 0 Å². The van der Waals surface area contributed by atoms with Crippen molar-refractivity contribution in [2.75, 3.05) is 0 Å². The number of hydrogen-bond acceptors (Lipinski definition) is 2. The van der Waals surface area contributed by atoms with Crippen LogP contribution in [0, 0.1) is 0 Å². The molecule has 2 rings (SSSR count). The molecule has 3 nitrogen and oxygen atoms in total. The maximum absolute atomic E-state index is 12.0. The van der Waals surface area contributed by atoms with Crippen LogP contribution in [0.3, 0.4) is 0 Å². The molecular weight excluding hydrogens is 306 g/mol. The molecule has 0 saturated heterocycles. The average Bonchev–Trinajstić information content (AvgIpc) is 2.42. The zero-order chi connectivity index (χ0) is 13.7. The van der Waals surface area contributed by atoms with Gasteiger partial charge in [-0.1, -0.05) is 35.2 Å². The van der Waals surface area contributed by atoms with E-state index in [9.17, 15) is 4.79 Å². The van der Waals surface area contributed by atoms with Crippen LogP contribution in [0.2, 0.25) is 0 Å². The second kappa shape index (κ2) is 6.94. The minimum absolute atomic E-state index is 0.0187. The van der Waals surface area contributed by atoms with E-state index in [-0.39, 0.29) is 5.91 Å². The second-order valence-electron chi connectivity index (χ2n) is 5.06. The summed E-state index contributed by atoms with van der Waals surface area (Å²) in [5.41, 5.74) is 0. The average molecular weight is 326 g/mol. The molecule has 0 radical (unpaired) electrons. The van der Waals surface area contributed by atoms with Gasteiger partial charge in [-0.05, 0) is 44.0 Å². The fourth-order valence-electron chi connectivity index (χ4n) is 2.34.